The van der Waals surface area contributed by atoms with E-state index in [4.69, 9.17) is 0 Å². The third-order valence-corrected chi connectivity index (χ3v) is 3.63. The molecule has 0 saturated heterocycles. The molecule has 2 rings (SSSR count). The van der Waals surface area contributed by atoms with E-state index in [0.29, 0.717) is 5.92 Å². The Hall–Kier alpha value is -1.15. The fourth-order valence-electron chi connectivity index (χ4n) is 1.74. The zero-order valence-electron chi connectivity index (χ0n) is 10.4. The van der Waals surface area contributed by atoms with E-state index in [2.05, 4.69) is 61.1 Å². The minimum Gasteiger partial charge on any atom is -0.326 e. The predicted molar refractivity (Wildman–Crippen MR) is 76.0 cm³/mol. The van der Waals surface area contributed by atoms with Gasteiger partial charge in [-0.3, -0.25) is 0 Å². The van der Waals surface area contributed by atoms with Crippen LogP contribution in [0.4, 0.5) is 0 Å². The number of hydrogen-bond acceptors (Lipinski definition) is 2. The molecule has 0 fully saturated rings. The maximum Gasteiger partial charge on any atom is 0.0400 e. The molecular formula is C15H19NS. The van der Waals surface area contributed by atoms with Crippen molar-refractivity contribution in [1.82, 2.24) is 4.72 Å². The van der Waals surface area contributed by atoms with Crippen molar-refractivity contribution in [3.63, 3.8) is 0 Å². The summed E-state index contributed by atoms with van der Waals surface area (Å²) >= 11 is 1.69. The van der Waals surface area contributed by atoms with Crippen LogP contribution >= 0.6 is 11.9 Å². The van der Waals surface area contributed by atoms with Crippen LogP contribution in [0.2, 0.25) is 0 Å². The van der Waals surface area contributed by atoms with Gasteiger partial charge in [-0.25, -0.2) is 0 Å². The molecule has 1 aliphatic carbocycles. The van der Waals surface area contributed by atoms with Crippen LogP contribution in [0.5, 0.6) is 0 Å². The van der Waals surface area contributed by atoms with Gasteiger partial charge >= 0.3 is 0 Å². The fraction of sp³-hybridized carbons (Fsp3) is 0.333. The second-order valence-electron chi connectivity index (χ2n) is 4.57. The summed E-state index contributed by atoms with van der Waals surface area (Å²) in [6.45, 7) is 4.45. The van der Waals surface area contributed by atoms with E-state index in [1.165, 1.54) is 22.6 Å². The number of nitrogens with one attached hydrogen (secondary N) is 1. The zero-order valence-corrected chi connectivity index (χ0v) is 11.3. The van der Waals surface area contributed by atoms with Crippen molar-refractivity contribution in [3.05, 3.63) is 53.8 Å². The van der Waals surface area contributed by atoms with Crippen LogP contribution in [0, 0.1) is 0 Å². The van der Waals surface area contributed by atoms with E-state index in [1.54, 1.807) is 11.9 Å². The van der Waals surface area contributed by atoms with Crippen LogP contribution in [0.15, 0.2) is 53.1 Å². The highest BCUT2D eigenvalue weighted by Crippen LogP contribution is 2.22. The van der Waals surface area contributed by atoms with Gasteiger partial charge in [0.1, 0.15) is 0 Å². The predicted octanol–water partition coefficient (Wildman–Crippen LogP) is 4.64. The van der Waals surface area contributed by atoms with Crippen LogP contribution in [0.25, 0.3) is 0 Å². The van der Waals surface area contributed by atoms with Crippen molar-refractivity contribution in [2.24, 2.45) is 0 Å². The second kappa shape index (κ2) is 5.97. The molecular weight excluding hydrogens is 226 g/mol. The van der Waals surface area contributed by atoms with Gasteiger partial charge in [0.15, 0.2) is 0 Å². The molecule has 1 aliphatic rings. The lowest BCUT2D eigenvalue weighted by atomic mass is 10.0. The molecule has 1 aromatic carbocycles. The summed E-state index contributed by atoms with van der Waals surface area (Å²) in [6.07, 6.45) is 8.93. The molecule has 0 atom stereocenters. The highest BCUT2D eigenvalue weighted by atomic mass is 32.2. The Kier molecular flexibility index (Phi) is 4.32. The number of rotatable bonds is 4. The first-order valence-corrected chi connectivity index (χ1v) is 6.97. The molecule has 90 valence electrons. The summed E-state index contributed by atoms with van der Waals surface area (Å²) in [5, 5.41) is 0. The normalized spacial score (nSPS) is 14.9. The van der Waals surface area contributed by atoms with Crippen LogP contribution in [0.1, 0.15) is 38.2 Å². The van der Waals surface area contributed by atoms with Gasteiger partial charge in [-0.2, -0.15) is 0 Å². The average Bonchev–Trinajstić information content (AvgIpc) is 2.38. The lowest BCUT2D eigenvalue weighted by Crippen LogP contribution is -2.02. The highest BCUT2D eigenvalue weighted by Gasteiger charge is 2.02. The van der Waals surface area contributed by atoms with E-state index >= 15 is 0 Å². The van der Waals surface area contributed by atoms with Crippen molar-refractivity contribution >= 4 is 11.9 Å². The van der Waals surface area contributed by atoms with Gasteiger partial charge in [-0.1, -0.05) is 38.1 Å². The Morgan fingerprint density at radius 1 is 1.24 bits per heavy atom. The quantitative estimate of drug-likeness (QED) is 0.775. The number of hydrogen-bond donors (Lipinski definition) is 1. The number of allylic oxidation sites excluding steroid dienone is 3. The van der Waals surface area contributed by atoms with Crippen LogP contribution in [-0.2, 0) is 0 Å². The van der Waals surface area contributed by atoms with Crippen molar-refractivity contribution < 1.29 is 0 Å². The molecule has 2 heteroatoms. The molecule has 0 aromatic heterocycles. The Balaban J connectivity index is 1.96. The van der Waals surface area contributed by atoms with E-state index in [1.807, 2.05) is 0 Å². The standard InChI is InChI=1S/C15H19NS/c1-12(2)13-7-6-10-15(11-13)17-16-14-8-4-3-5-9-14/h4,6-12,16H,3,5H2,1-2H3. The fourth-order valence-corrected chi connectivity index (χ4v) is 2.47. The molecule has 1 N–H and O–H groups in total. The summed E-state index contributed by atoms with van der Waals surface area (Å²) in [5.74, 6) is 0.587. The van der Waals surface area contributed by atoms with Crippen molar-refractivity contribution in [2.75, 3.05) is 0 Å². The molecule has 0 radical (unpaired) electrons. The van der Waals surface area contributed by atoms with Crippen molar-refractivity contribution in [1.29, 1.82) is 0 Å². The van der Waals surface area contributed by atoms with Gasteiger partial charge in [0.05, 0.1) is 0 Å². The van der Waals surface area contributed by atoms with Gasteiger partial charge in [0.25, 0.3) is 0 Å². The molecule has 0 amide bonds. The minimum absolute atomic E-state index is 0.587. The minimum atomic E-state index is 0.587. The molecule has 1 aromatic rings. The van der Waals surface area contributed by atoms with E-state index in [9.17, 15) is 0 Å². The first kappa shape index (κ1) is 12.3. The second-order valence-corrected chi connectivity index (χ2v) is 5.45. The third kappa shape index (κ3) is 3.67. The smallest absolute Gasteiger partial charge is 0.0400 e. The summed E-state index contributed by atoms with van der Waals surface area (Å²) in [6, 6.07) is 8.73. The zero-order chi connectivity index (χ0) is 12.1. The van der Waals surface area contributed by atoms with Crippen molar-refractivity contribution in [2.45, 2.75) is 37.5 Å². The first-order valence-electron chi connectivity index (χ1n) is 6.15. The van der Waals surface area contributed by atoms with E-state index < -0.39 is 0 Å². The Bertz CT molecular complexity index is 432. The molecule has 0 aliphatic heterocycles. The van der Waals surface area contributed by atoms with Gasteiger partial charge < -0.3 is 4.72 Å². The largest absolute Gasteiger partial charge is 0.326 e. The topological polar surface area (TPSA) is 12.0 Å². The summed E-state index contributed by atoms with van der Waals surface area (Å²) in [4.78, 5) is 1.27. The highest BCUT2D eigenvalue weighted by molar-refractivity contribution is 7.97. The van der Waals surface area contributed by atoms with E-state index in [-0.39, 0.29) is 0 Å². The first-order chi connectivity index (χ1) is 8.25. The Morgan fingerprint density at radius 2 is 2.12 bits per heavy atom. The Labute approximate surface area is 108 Å². The molecule has 0 saturated carbocycles. The third-order valence-electron chi connectivity index (χ3n) is 2.81. The summed E-state index contributed by atoms with van der Waals surface area (Å²) in [7, 11) is 0. The van der Waals surface area contributed by atoms with Gasteiger partial charge in [0, 0.05) is 10.6 Å². The van der Waals surface area contributed by atoms with Gasteiger partial charge in [0.2, 0.25) is 0 Å². The van der Waals surface area contributed by atoms with Gasteiger partial charge in [-0.05, 0) is 54.5 Å². The molecule has 17 heavy (non-hydrogen) atoms. The Morgan fingerprint density at radius 3 is 2.82 bits per heavy atom. The summed E-state index contributed by atoms with van der Waals surface area (Å²) < 4.78 is 3.39. The van der Waals surface area contributed by atoms with Crippen LogP contribution in [0.3, 0.4) is 0 Å². The average molecular weight is 245 g/mol. The molecule has 1 nitrogen and oxygen atoms in total. The molecule has 0 heterocycles. The molecule has 0 bridgehead atoms. The van der Waals surface area contributed by atoms with Gasteiger partial charge in [-0.15, -0.1) is 0 Å². The van der Waals surface area contributed by atoms with Crippen molar-refractivity contribution in [3.8, 4) is 0 Å². The summed E-state index contributed by atoms with van der Waals surface area (Å²) in [5.41, 5.74) is 2.61. The van der Waals surface area contributed by atoms with E-state index in [0.717, 1.165) is 6.42 Å². The lowest BCUT2D eigenvalue weighted by molar-refractivity contribution is 0.862. The lowest BCUT2D eigenvalue weighted by Gasteiger charge is -2.11. The maximum absolute atomic E-state index is 3.39. The SMILES string of the molecule is CC(C)c1cccc(SNC2=CCCC=C2)c1. The molecule has 0 spiro atoms. The maximum atomic E-state index is 3.39. The van der Waals surface area contributed by atoms with Crippen LogP contribution < -0.4 is 4.72 Å². The van der Waals surface area contributed by atoms with Crippen LogP contribution in [-0.4, -0.2) is 0 Å². The number of benzene rings is 1. The monoisotopic (exact) mass is 245 g/mol. The molecule has 0 unspecified atom stereocenters.